The van der Waals surface area contributed by atoms with Crippen molar-refractivity contribution in [2.45, 2.75) is 25.9 Å². The molecule has 1 saturated heterocycles. The summed E-state index contributed by atoms with van der Waals surface area (Å²) in [7, 11) is 0. The Balaban J connectivity index is 2.02. The maximum absolute atomic E-state index is 14.1. The molecule has 3 heterocycles. The van der Waals surface area contributed by atoms with Gasteiger partial charge in [0.15, 0.2) is 11.6 Å². The molecule has 3 aromatic rings. The summed E-state index contributed by atoms with van der Waals surface area (Å²) in [6, 6.07) is 2.88. The van der Waals surface area contributed by atoms with E-state index >= 15 is 0 Å². The van der Waals surface area contributed by atoms with Gasteiger partial charge in [-0.05, 0) is 18.6 Å². The SMILES string of the molecule is C#CCn1c(CN2CC(F)(F)C2)c(N(N)c2cc(F)c(F)cc2N)c(=O)n(-c2cncc(C)c2)c1=O. The number of rotatable bonds is 6. The molecule has 1 aliphatic heterocycles. The Hall–Kier alpha value is -4.15. The predicted molar refractivity (Wildman–Crippen MR) is 125 cm³/mol. The van der Waals surface area contributed by atoms with Gasteiger partial charge in [-0.25, -0.2) is 32.8 Å². The fourth-order valence-corrected chi connectivity index (χ4v) is 4.04. The molecule has 0 unspecified atom stereocenters. The number of anilines is 3. The zero-order chi connectivity index (χ0) is 26.4. The van der Waals surface area contributed by atoms with E-state index in [0.29, 0.717) is 22.7 Å². The molecule has 2 aromatic heterocycles. The molecular weight excluding hydrogens is 482 g/mol. The minimum Gasteiger partial charge on any atom is -0.397 e. The molecule has 0 spiro atoms. The normalized spacial score (nSPS) is 14.8. The molecule has 4 N–H and O–H groups in total. The number of hydrogen-bond acceptors (Lipinski definition) is 7. The number of halogens is 4. The van der Waals surface area contributed by atoms with Crippen molar-refractivity contribution in [3.63, 3.8) is 0 Å². The molecule has 13 heteroatoms. The summed E-state index contributed by atoms with van der Waals surface area (Å²) < 4.78 is 56.6. The fraction of sp³-hybridized carbons (Fsp3) is 0.261. The number of likely N-dealkylation sites (tertiary alicyclic amines) is 1. The van der Waals surface area contributed by atoms with Crippen LogP contribution < -0.4 is 27.8 Å². The Bertz CT molecular complexity index is 1500. The second-order valence-electron chi connectivity index (χ2n) is 8.43. The highest BCUT2D eigenvalue weighted by Gasteiger charge is 2.44. The quantitative estimate of drug-likeness (QED) is 0.173. The van der Waals surface area contributed by atoms with E-state index in [1.165, 1.54) is 23.4 Å². The number of hydrogen-bond donors (Lipinski definition) is 2. The van der Waals surface area contributed by atoms with Gasteiger partial charge in [0.25, 0.3) is 11.5 Å². The number of aryl methyl sites for hydroxylation is 1. The highest BCUT2D eigenvalue weighted by Crippen LogP contribution is 2.33. The number of nitrogens with zero attached hydrogens (tertiary/aromatic N) is 5. The van der Waals surface area contributed by atoms with Crippen LogP contribution >= 0.6 is 0 Å². The van der Waals surface area contributed by atoms with Crippen LogP contribution in [0.15, 0.2) is 40.2 Å². The largest absolute Gasteiger partial charge is 0.397 e. The minimum atomic E-state index is -2.94. The summed E-state index contributed by atoms with van der Waals surface area (Å²) in [6.07, 6.45) is 8.24. The Morgan fingerprint density at radius 1 is 1.17 bits per heavy atom. The second-order valence-corrected chi connectivity index (χ2v) is 8.43. The first-order chi connectivity index (χ1) is 16.9. The van der Waals surface area contributed by atoms with Gasteiger partial charge in [0.1, 0.15) is 5.69 Å². The third-order valence-electron chi connectivity index (χ3n) is 5.65. The summed E-state index contributed by atoms with van der Waals surface area (Å²) in [5.74, 6) is 3.05. The molecule has 0 radical (unpaired) electrons. The van der Waals surface area contributed by atoms with Gasteiger partial charge in [0.05, 0.1) is 48.6 Å². The number of nitrogens with two attached hydrogens (primary N) is 2. The van der Waals surface area contributed by atoms with Crippen molar-refractivity contribution in [2.24, 2.45) is 5.84 Å². The third-order valence-corrected chi connectivity index (χ3v) is 5.65. The topological polar surface area (TPSA) is 115 Å². The van der Waals surface area contributed by atoms with E-state index in [4.69, 9.17) is 18.0 Å². The molecule has 0 amide bonds. The Morgan fingerprint density at radius 2 is 1.83 bits per heavy atom. The third kappa shape index (κ3) is 4.43. The van der Waals surface area contributed by atoms with Gasteiger partial charge in [-0.2, -0.15) is 0 Å². The summed E-state index contributed by atoms with van der Waals surface area (Å²) in [5, 5.41) is 0.694. The second kappa shape index (κ2) is 9.14. The maximum atomic E-state index is 14.1. The Labute approximate surface area is 202 Å². The van der Waals surface area contributed by atoms with Crippen LogP contribution in [0.5, 0.6) is 0 Å². The fourth-order valence-electron chi connectivity index (χ4n) is 4.04. The van der Waals surface area contributed by atoms with E-state index in [0.717, 1.165) is 9.13 Å². The maximum Gasteiger partial charge on any atom is 0.336 e. The molecule has 9 nitrogen and oxygen atoms in total. The van der Waals surface area contributed by atoms with E-state index in [-0.39, 0.29) is 41.5 Å². The Morgan fingerprint density at radius 3 is 2.44 bits per heavy atom. The number of aromatic nitrogens is 3. The van der Waals surface area contributed by atoms with Crippen LogP contribution in [0.2, 0.25) is 0 Å². The number of nitrogen functional groups attached to an aromatic ring is 1. The van der Waals surface area contributed by atoms with Crippen molar-refractivity contribution >= 4 is 17.1 Å². The molecule has 0 saturated carbocycles. The first-order valence-corrected chi connectivity index (χ1v) is 10.6. The average Bonchev–Trinajstić information content (AvgIpc) is 2.77. The van der Waals surface area contributed by atoms with E-state index < -0.39 is 41.9 Å². The highest BCUT2D eigenvalue weighted by atomic mass is 19.3. The van der Waals surface area contributed by atoms with Gasteiger partial charge >= 0.3 is 5.69 Å². The zero-order valence-electron chi connectivity index (χ0n) is 19.0. The van der Waals surface area contributed by atoms with Gasteiger partial charge < -0.3 is 5.73 Å². The number of hydrazine groups is 1. The van der Waals surface area contributed by atoms with Crippen molar-refractivity contribution in [1.82, 2.24) is 19.0 Å². The summed E-state index contributed by atoms with van der Waals surface area (Å²) in [4.78, 5) is 32.5. The van der Waals surface area contributed by atoms with Gasteiger partial charge in [-0.15, -0.1) is 6.42 Å². The number of pyridine rings is 1. The lowest BCUT2D eigenvalue weighted by atomic mass is 10.1. The van der Waals surface area contributed by atoms with Crippen LogP contribution in [0.4, 0.5) is 34.6 Å². The van der Waals surface area contributed by atoms with Gasteiger partial charge in [-0.1, -0.05) is 5.92 Å². The van der Waals surface area contributed by atoms with Crippen LogP contribution in [0.3, 0.4) is 0 Å². The van der Waals surface area contributed by atoms with Crippen molar-refractivity contribution in [3.8, 4) is 18.0 Å². The minimum absolute atomic E-state index is 0.0886. The summed E-state index contributed by atoms with van der Waals surface area (Å²) in [5.41, 5.74) is 3.65. The first-order valence-electron chi connectivity index (χ1n) is 10.6. The lowest BCUT2D eigenvalue weighted by Crippen LogP contribution is -2.56. The lowest BCUT2D eigenvalue weighted by Gasteiger charge is -2.39. The number of terminal acetylenes is 1. The standard InChI is InChI=1S/C23H21F4N7O2/c1-3-4-32-19(10-31-11-23(26,27)12-31)20(34(29)18-7-16(25)15(24)6-17(18)28)21(35)33(22(32)36)14-5-13(2)8-30-9-14/h1,5-9H,4,10-12,28-29H2,2H3. The highest BCUT2D eigenvalue weighted by molar-refractivity contribution is 5.74. The monoisotopic (exact) mass is 503 g/mol. The number of alkyl halides is 2. The van der Waals surface area contributed by atoms with Crippen LogP contribution in [-0.2, 0) is 13.1 Å². The molecule has 1 aliphatic rings. The lowest BCUT2D eigenvalue weighted by molar-refractivity contribution is -0.134. The van der Waals surface area contributed by atoms with Crippen LogP contribution in [0, 0.1) is 30.9 Å². The van der Waals surface area contributed by atoms with Crippen LogP contribution in [0.1, 0.15) is 11.3 Å². The summed E-state index contributed by atoms with van der Waals surface area (Å²) in [6.45, 7) is -0.204. The number of benzene rings is 1. The molecular formula is C23H21F4N7O2. The molecule has 4 rings (SSSR count). The van der Waals surface area contributed by atoms with E-state index in [2.05, 4.69) is 10.9 Å². The van der Waals surface area contributed by atoms with E-state index in [1.54, 1.807) is 6.92 Å². The van der Waals surface area contributed by atoms with Gasteiger partial charge in [0, 0.05) is 24.9 Å². The molecule has 0 aliphatic carbocycles. The Kier molecular flexibility index (Phi) is 6.33. The van der Waals surface area contributed by atoms with Crippen molar-refractivity contribution in [2.75, 3.05) is 23.8 Å². The van der Waals surface area contributed by atoms with Crippen LogP contribution in [-0.4, -0.2) is 38.0 Å². The zero-order valence-corrected chi connectivity index (χ0v) is 19.0. The molecule has 36 heavy (non-hydrogen) atoms. The van der Waals surface area contributed by atoms with Crippen molar-refractivity contribution in [1.29, 1.82) is 0 Å². The molecule has 0 atom stereocenters. The van der Waals surface area contributed by atoms with E-state index in [1.807, 2.05) is 0 Å². The van der Waals surface area contributed by atoms with Crippen molar-refractivity contribution < 1.29 is 17.6 Å². The summed E-state index contributed by atoms with van der Waals surface area (Å²) >= 11 is 0. The molecule has 188 valence electrons. The van der Waals surface area contributed by atoms with Gasteiger partial charge in [0.2, 0.25) is 0 Å². The average molecular weight is 503 g/mol. The predicted octanol–water partition coefficient (Wildman–Crippen LogP) is 1.66. The molecule has 1 fully saturated rings. The van der Waals surface area contributed by atoms with Crippen molar-refractivity contribution in [3.05, 3.63) is 74.3 Å². The first kappa shape index (κ1) is 25.0. The van der Waals surface area contributed by atoms with Crippen LogP contribution in [0.25, 0.3) is 5.69 Å². The van der Waals surface area contributed by atoms with E-state index in [9.17, 15) is 27.2 Å². The van der Waals surface area contributed by atoms with Gasteiger partial charge in [-0.3, -0.25) is 24.3 Å². The molecule has 0 bridgehead atoms. The molecule has 1 aromatic carbocycles. The smallest absolute Gasteiger partial charge is 0.336 e.